The molecule has 0 aromatic heterocycles. The van der Waals surface area contributed by atoms with Crippen LogP contribution in [0, 0.1) is 0 Å². The van der Waals surface area contributed by atoms with E-state index in [1.165, 1.54) is 0 Å². The van der Waals surface area contributed by atoms with E-state index in [1.54, 1.807) is 0 Å². The number of hydrogen-bond donors (Lipinski definition) is 1. The number of Topliss-reactive ketones (excluding diaryl/α,β-unsaturated/α-hetero) is 1. The Balaban J connectivity index is 3.21. The zero-order valence-electron chi connectivity index (χ0n) is 9.62. The number of nitrogens with one attached hydrogen (secondary N) is 1. The molecule has 0 saturated heterocycles. The van der Waals surface area contributed by atoms with Gasteiger partial charge in [0.05, 0.1) is 17.7 Å². The summed E-state index contributed by atoms with van der Waals surface area (Å²) in [7, 11) is 0. The number of anilines is 1. The third-order valence-electron chi connectivity index (χ3n) is 2.13. The number of ketones is 1. The lowest BCUT2D eigenvalue weighted by Gasteiger charge is -2.14. The Bertz CT molecular complexity index is 445. The fourth-order valence-electron chi connectivity index (χ4n) is 1.28. The van der Waals surface area contributed by atoms with Crippen LogP contribution < -0.4 is 5.32 Å². The molecule has 0 bridgehead atoms. The average Bonchev–Trinajstić information content (AvgIpc) is 2.23. The third-order valence-corrected chi connectivity index (χ3v) is 2.13. The predicted molar refractivity (Wildman–Crippen MR) is 55.6 cm³/mol. The summed E-state index contributed by atoms with van der Waals surface area (Å²) in [5.74, 6) is -0.411. The molecule has 0 aliphatic heterocycles. The molecule has 1 N–H and O–H groups in total. The Morgan fingerprint density at radius 2 is 1.42 bits per heavy atom. The van der Waals surface area contributed by atoms with E-state index in [0.717, 1.165) is 6.92 Å². The summed E-state index contributed by atoms with van der Waals surface area (Å²) in [5.41, 5.74) is -3.25. The third kappa shape index (κ3) is 4.46. The molecule has 0 fully saturated rings. The van der Waals surface area contributed by atoms with Crippen molar-refractivity contribution in [3.05, 3.63) is 29.3 Å². The van der Waals surface area contributed by atoms with Gasteiger partial charge < -0.3 is 5.32 Å². The van der Waals surface area contributed by atoms with Gasteiger partial charge in [-0.15, -0.1) is 0 Å². The van der Waals surface area contributed by atoms with Crippen LogP contribution in [-0.4, -0.2) is 12.3 Å². The number of benzene rings is 1. The molecule has 1 aromatic carbocycles. The first kappa shape index (κ1) is 15.3. The van der Waals surface area contributed by atoms with Crippen molar-refractivity contribution in [2.75, 3.05) is 11.9 Å². The Kier molecular flexibility index (Phi) is 4.12. The molecule has 0 amide bonds. The standard InChI is InChI=1S/C11H9F6NO/c1-6(19)5-18-9-3-7(10(12,13)14)2-8(4-9)11(15,16)17/h2-4,18H,5H2,1H3. The van der Waals surface area contributed by atoms with Crippen LogP contribution in [0.4, 0.5) is 32.0 Å². The Hall–Kier alpha value is -1.73. The van der Waals surface area contributed by atoms with E-state index in [2.05, 4.69) is 5.32 Å². The molecule has 0 spiro atoms. The summed E-state index contributed by atoms with van der Waals surface area (Å²) in [5, 5.41) is 2.22. The first-order valence-corrected chi connectivity index (χ1v) is 5.03. The first-order valence-electron chi connectivity index (χ1n) is 5.03. The van der Waals surface area contributed by atoms with E-state index in [-0.39, 0.29) is 12.6 Å². The molecule has 0 saturated carbocycles. The van der Waals surface area contributed by atoms with Crippen LogP contribution >= 0.6 is 0 Å². The van der Waals surface area contributed by atoms with Gasteiger partial charge in [-0.05, 0) is 25.1 Å². The fraction of sp³-hybridized carbons (Fsp3) is 0.364. The van der Waals surface area contributed by atoms with E-state index < -0.39 is 35.0 Å². The number of alkyl halides is 6. The van der Waals surface area contributed by atoms with Crippen molar-refractivity contribution in [1.29, 1.82) is 0 Å². The second kappa shape index (κ2) is 5.10. The van der Waals surface area contributed by atoms with Crippen molar-refractivity contribution < 1.29 is 31.1 Å². The van der Waals surface area contributed by atoms with Gasteiger partial charge in [0.2, 0.25) is 0 Å². The Morgan fingerprint density at radius 3 is 1.74 bits per heavy atom. The molecule has 1 aromatic rings. The van der Waals surface area contributed by atoms with Crippen molar-refractivity contribution in [1.82, 2.24) is 0 Å². The predicted octanol–water partition coefficient (Wildman–Crippen LogP) is 3.73. The number of halogens is 6. The zero-order chi connectivity index (χ0) is 14.8. The zero-order valence-corrected chi connectivity index (χ0v) is 9.62. The van der Waals surface area contributed by atoms with Crippen LogP contribution in [0.2, 0.25) is 0 Å². The number of carbonyl (C=O) groups excluding carboxylic acids is 1. The van der Waals surface area contributed by atoms with E-state index in [9.17, 15) is 31.1 Å². The van der Waals surface area contributed by atoms with Gasteiger partial charge in [-0.25, -0.2) is 0 Å². The molecule has 0 radical (unpaired) electrons. The number of hydrogen-bond acceptors (Lipinski definition) is 2. The molecule has 0 aliphatic rings. The molecule has 8 heteroatoms. The Labute approximate surface area is 104 Å². The van der Waals surface area contributed by atoms with E-state index >= 15 is 0 Å². The molecule has 0 aliphatic carbocycles. The SMILES string of the molecule is CC(=O)CNc1cc(C(F)(F)F)cc(C(F)(F)F)c1. The maximum Gasteiger partial charge on any atom is 0.416 e. The van der Waals surface area contributed by atoms with Crippen LogP contribution in [0.25, 0.3) is 0 Å². The van der Waals surface area contributed by atoms with Crippen LogP contribution in [0.3, 0.4) is 0 Å². The van der Waals surface area contributed by atoms with Gasteiger partial charge in [0.25, 0.3) is 0 Å². The summed E-state index contributed by atoms with van der Waals surface area (Å²) < 4.78 is 74.8. The number of carbonyl (C=O) groups is 1. The summed E-state index contributed by atoms with van der Waals surface area (Å²) in [4.78, 5) is 10.7. The topological polar surface area (TPSA) is 29.1 Å². The van der Waals surface area contributed by atoms with Gasteiger partial charge in [0.1, 0.15) is 5.78 Å². The lowest BCUT2D eigenvalue weighted by molar-refractivity contribution is -0.143. The molecule has 2 nitrogen and oxygen atoms in total. The van der Waals surface area contributed by atoms with Crippen LogP contribution in [-0.2, 0) is 17.1 Å². The van der Waals surface area contributed by atoms with Crippen molar-refractivity contribution >= 4 is 11.5 Å². The molecule has 19 heavy (non-hydrogen) atoms. The summed E-state index contributed by atoms with van der Waals surface area (Å²) >= 11 is 0. The van der Waals surface area contributed by atoms with Gasteiger partial charge in [-0.1, -0.05) is 0 Å². The summed E-state index contributed by atoms with van der Waals surface area (Å²) in [6, 6.07) is 1.08. The van der Waals surface area contributed by atoms with E-state index in [0.29, 0.717) is 12.1 Å². The Morgan fingerprint density at radius 1 is 1.00 bits per heavy atom. The molecule has 0 unspecified atom stereocenters. The highest BCUT2D eigenvalue weighted by Crippen LogP contribution is 2.37. The minimum absolute atomic E-state index is 0.0267. The average molecular weight is 285 g/mol. The maximum absolute atomic E-state index is 12.5. The molecule has 1 rings (SSSR count). The molecule has 0 heterocycles. The van der Waals surface area contributed by atoms with Gasteiger partial charge in [-0.2, -0.15) is 26.3 Å². The van der Waals surface area contributed by atoms with Crippen LogP contribution in [0.15, 0.2) is 18.2 Å². The summed E-state index contributed by atoms with van der Waals surface area (Å²) in [6.45, 7) is 0.809. The molecular formula is C11H9F6NO. The second-order valence-electron chi connectivity index (χ2n) is 3.85. The van der Waals surface area contributed by atoms with Gasteiger partial charge in [-0.3, -0.25) is 4.79 Å². The molecule has 0 atom stereocenters. The fourth-order valence-corrected chi connectivity index (χ4v) is 1.28. The molecule has 106 valence electrons. The van der Waals surface area contributed by atoms with Crippen LogP contribution in [0.5, 0.6) is 0 Å². The lowest BCUT2D eigenvalue weighted by atomic mass is 10.1. The quantitative estimate of drug-likeness (QED) is 0.857. The van der Waals surface area contributed by atoms with Gasteiger partial charge in [0.15, 0.2) is 0 Å². The lowest BCUT2D eigenvalue weighted by Crippen LogP contribution is -2.14. The van der Waals surface area contributed by atoms with Crippen molar-refractivity contribution in [2.24, 2.45) is 0 Å². The van der Waals surface area contributed by atoms with Gasteiger partial charge in [0, 0.05) is 5.69 Å². The van der Waals surface area contributed by atoms with E-state index in [4.69, 9.17) is 0 Å². The minimum Gasteiger partial charge on any atom is -0.378 e. The number of rotatable bonds is 3. The van der Waals surface area contributed by atoms with Crippen molar-refractivity contribution in [3.8, 4) is 0 Å². The smallest absolute Gasteiger partial charge is 0.378 e. The highest BCUT2D eigenvalue weighted by atomic mass is 19.4. The minimum atomic E-state index is -4.89. The monoisotopic (exact) mass is 285 g/mol. The second-order valence-corrected chi connectivity index (χ2v) is 3.85. The largest absolute Gasteiger partial charge is 0.416 e. The maximum atomic E-state index is 12.5. The van der Waals surface area contributed by atoms with Crippen LogP contribution in [0.1, 0.15) is 18.1 Å². The summed E-state index contributed by atoms with van der Waals surface area (Å²) in [6.07, 6.45) is -9.79. The van der Waals surface area contributed by atoms with E-state index in [1.807, 2.05) is 0 Å². The molecular weight excluding hydrogens is 276 g/mol. The first-order chi connectivity index (χ1) is 8.50. The normalized spacial score (nSPS) is 12.4. The van der Waals surface area contributed by atoms with Crippen molar-refractivity contribution in [3.63, 3.8) is 0 Å². The highest BCUT2D eigenvalue weighted by molar-refractivity contribution is 5.80. The highest BCUT2D eigenvalue weighted by Gasteiger charge is 2.36. The van der Waals surface area contributed by atoms with Crippen molar-refractivity contribution in [2.45, 2.75) is 19.3 Å². The van der Waals surface area contributed by atoms with Gasteiger partial charge >= 0.3 is 12.4 Å².